The van der Waals surface area contributed by atoms with E-state index in [4.69, 9.17) is 9.90 Å². The van der Waals surface area contributed by atoms with Crippen LogP contribution in [0.25, 0.3) is 0 Å². The smallest absolute Gasteiger partial charge is 0.430 e. The molecular weight excluding hydrogens is 189 g/mol. The van der Waals surface area contributed by atoms with Crippen molar-refractivity contribution < 1.29 is 27.8 Å². The van der Waals surface area contributed by atoms with Gasteiger partial charge < -0.3 is 9.90 Å². The largest absolute Gasteiger partial charge is 0.542 e. The molecule has 0 aliphatic heterocycles. The molecular formula is C6H7F3N2O2. The van der Waals surface area contributed by atoms with Gasteiger partial charge in [-0.1, -0.05) is 0 Å². The molecule has 13 heavy (non-hydrogen) atoms. The van der Waals surface area contributed by atoms with Gasteiger partial charge in [-0.05, 0) is 0 Å². The molecule has 1 aromatic heterocycles. The molecule has 0 saturated heterocycles. The Morgan fingerprint density at radius 3 is 2.08 bits per heavy atom. The van der Waals surface area contributed by atoms with Crippen LogP contribution in [-0.4, -0.2) is 17.2 Å². The molecule has 7 heteroatoms. The van der Waals surface area contributed by atoms with Crippen LogP contribution in [0.4, 0.5) is 13.2 Å². The summed E-state index contributed by atoms with van der Waals surface area (Å²) in [6.07, 6.45) is -1.38. The van der Waals surface area contributed by atoms with Crippen molar-refractivity contribution in [3.8, 4) is 0 Å². The summed E-state index contributed by atoms with van der Waals surface area (Å²) in [4.78, 5) is 8.78. The minimum atomic E-state index is -5.19. The molecule has 0 aromatic carbocycles. The van der Waals surface area contributed by atoms with Crippen LogP contribution < -0.4 is 9.79 Å². The third-order valence-corrected chi connectivity index (χ3v) is 0.916. The second-order valence-electron chi connectivity index (χ2n) is 2.03. The van der Waals surface area contributed by atoms with Gasteiger partial charge in [0.2, 0.25) is 0 Å². The number of hydrogen-bond donors (Lipinski definition) is 1. The summed E-state index contributed by atoms with van der Waals surface area (Å²) >= 11 is 0. The number of halogens is 3. The highest BCUT2D eigenvalue weighted by Crippen LogP contribution is 2.11. The highest BCUT2D eigenvalue weighted by atomic mass is 19.4. The average Bonchev–Trinajstić information content (AvgIpc) is 2.38. The summed E-state index contributed by atoms with van der Waals surface area (Å²) < 4.78 is 33.4. The van der Waals surface area contributed by atoms with Crippen LogP contribution in [0.1, 0.15) is 0 Å². The number of alkyl halides is 3. The Hall–Kier alpha value is -1.53. The number of aromatic amines is 1. The number of hydrogen-bond acceptors (Lipinski definition) is 2. The first-order valence-corrected chi connectivity index (χ1v) is 3.11. The molecule has 0 amide bonds. The lowest BCUT2D eigenvalue weighted by Crippen LogP contribution is -2.37. The number of aliphatic carboxylic acids is 1. The van der Waals surface area contributed by atoms with Crippen molar-refractivity contribution in [1.29, 1.82) is 0 Å². The van der Waals surface area contributed by atoms with Crippen LogP contribution in [0.15, 0.2) is 18.5 Å². The third kappa shape index (κ3) is 5.71. The van der Waals surface area contributed by atoms with Crippen molar-refractivity contribution in [2.45, 2.75) is 6.18 Å². The Labute approximate surface area is 71.6 Å². The van der Waals surface area contributed by atoms with E-state index < -0.39 is 12.1 Å². The highest BCUT2D eigenvalue weighted by Gasteiger charge is 2.28. The lowest BCUT2D eigenvalue weighted by Gasteiger charge is -2.03. The van der Waals surface area contributed by atoms with E-state index in [0.29, 0.717) is 0 Å². The molecule has 0 radical (unpaired) electrons. The second-order valence-corrected chi connectivity index (χ2v) is 2.03. The first-order valence-electron chi connectivity index (χ1n) is 3.11. The number of aryl methyl sites for hydroxylation is 1. The molecule has 0 saturated carbocycles. The summed E-state index contributed by atoms with van der Waals surface area (Å²) in [7, 11) is 1.94. The number of rotatable bonds is 0. The first-order chi connectivity index (χ1) is 5.84. The van der Waals surface area contributed by atoms with Crippen molar-refractivity contribution >= 4 is 5.97 Å². The van der Waals surface area contributed by atoms with E-state index in [9.17, 15) is 13.2 Å². The molecule has 4 nitrogen and oxygen atoms in total. The van der Waals surface area contributed by atoms with Crippen LogP contribution in [-0.2, 0) is 11.8 Å². The van der Waals surface area contributed by atoms with E-state index in [1.807, 2.05) is 30.2 Å². The van der Waals surface area contributed by atoms with Gasteiger partial charge in [0.25, 0.3) is 0 Å². The van der Waals surface area contributed by atoms with E-state index in [0.717, 1.165) is 0 Å². The SMILES string of the molecule is C[n+]1ccc[nH]1.O=C([O-])C(F)(F)F. The van der Waals surface area contributed by atoms with E-state index in [-0.39, 0.29) is 0 Å². The van der Waals surface area contributed by atoms with E-state index >= 15 is 0 Å². The van der Waals surface area contributed by atoms with Gasteiger partial charge in [-0.2, -0.15) is 18.3 Å². The van der Waals surface area contributed by atoms with Crippen LogP contribution >= 0.6 is 0 Å². The third-order valence-electron chi connectivity index (χ3n) is 0.916. The average molecular weight is 196 g/mol. The number of carbonyl (C=O) groups is 1. The van der Waals surface area contributed by atoms with Crippen molar-refractivity contribution in [2.75, 3.05) is 0 Å². The zero-order chi connectivity index (χ0) is 10.5. The number of carboxylic acids is 1. The van der Waals surface area contributed by atoms with Gasteiger partial charge in [0, 0.05) is 6.07 Å². The minimum absolute atomic E-state index is 1.88. The van der Waals surface area contributed by atoms with Crippen LogP contribution in [0.5, 0.6) is 0 Å². The Morgan fingerprint density at radius 1 is 1.54 bits per heavy atom. The van der Waals surface area contributed by atoms with Crippen molar-refractivity contribution in [3.63, 3.8) is 0 Å². The Morgan fingerprint density at radius 2 is 2.00 bits per heavy atom. The zero-order valence-corrected chi connectivity index (χ0v) is 6.63. The van der Waals surface area contributed by atoms with Crippen LogP contribution in [0, 0.1) is 0 Å². The molecule has 0 unspecified atom stereocenters. The van der Waals surface area contributed by atoms with E-state index in [1.54, 1.807) is 0 Å². The molecule has 0 spiro atoms. The topological polar surface area (TPSA) is 59.8 Å². The summed E-state index contributed by atoms with van der Waals surface area (Å²) in [5.74, 6) is -3.01. The molecule has 0 aliphatic rings. The number of nitrogens with one attached hydrogen (secondary N) is 1. The molecule has 1 rings (SSSR count). The summed E-state index contributed by atoms with van der Waals surface area (Å²) in [6.45, 7) is 0. The lowest BCUT2D eigenvalue weighted by atomic mass is 10.7. The maximum absolute atomic E-state index is 10.5. The first kappa shape index (κ1) is 11.5. The monoisotopic (exact) mass is 196 g/mol. The fourth-order valence-corrected chi connectivity index (χ4v) is 0.376. The predicted octanol–water partition coefficient (Wildman–Crippen LogP) is -0.862. The second kappa shape index (κ2) is 4.48. The van der Waals surface area contributed by atoms with Gasteiger partial charge in [-0.25, -0.2) is 0 Å². The van der Waals surface area contributed by atoms with Gasteiger partial charge in [-0.15, -0.1) is 4.68 Å². The minimum Gasteiger partial charge on any atom is -0.542 e. The van der Waals surface area contributed by atoms with Crippen molar-refractivity contribution in [2.24, 2.45) is 7.05 Å². The van der Waals surface area contributed by atoms with Crippen molar-refractivity contribution in [1.82, 2.24) is 5.10 Å². The van der Waals surface area contributed by atoms with E-state index in [1.165, 1.54) is 0 Å². The molecule has 0 fully saturated rings. The highest BCUT2D eigenvalue weighted by molar-refractivity contribution is 5.70. The normalized spacial score (nSPS) is 10.2. The Balaban J connectivity index is 0.000000223. The molecule has 0 bridgehead atoms. The predicted molar refractivity (Wildman–Crippen MR) is 33.0 cm³/mol. The van der Waals surface area contributed by atoms with Gasteiger partial charge in [0.1, 0.15) is 5.97 Å². The lowest BCUT2D eigenvalue weighted by molar-refractivity contribution is -0.726. The van der Waals surface area contributed by atoms with Gasteiger partial charge in [-0.3, -0.25) is 0 Å². The number of H-pyrrole nitrogens is 1. The van der Waals surface area contributed by atoms with Crippen LogP contribution in [0.2, 0.25) is 0 Å². The van der Waals surface area contributed by atoms with Crippen LogP contribution in [0.3, 0.4) is 0 Å². The maximum atomic E-state index is 10.5. The summed E-state index contributed by atoms with van der Waals surface area (Å²) in [5, 5.41) is 11.7. The summed E-state index contributed by atoms with van der Waals surface area (Å²) in [5.41, 5.74) is 0. The maximum Gasteiger partial charge on any atom is 0.430 e. The number of carbonyl (C=O) groups excluding carboxylic acids is 1. The standard InChI is InChI=1S/C4H6N2.C2HF3O2/c1-6-4-2-3-5-6;3-2(4,5)1(6)7/h2-4H,1H3;(H,6,7). The fourth-order valence-electron chi connectivity index (χ4n) is 0.376. The van der Waals surface area contributed by atoms with E-state index in [2.05, 4.69) is 5.10 Å². The zero-order valence-electron chi connectivity index (χ0n) is 6.63. The fraction of sp³-hybridized carbons (Fsp3) is 0.333. The molecule has 0 atom stereocenters. The Bertz CT molecular complexity index is 255. The molecule has 74 valence electrons. The van der Waals surface area contributed by atoms with Gasteiger partial charge >= 0.3 is 6.18 Å². The number of carboxylic acid groups (broad SMARTS) is 1. The number of aromatic nitrogens is 2. The van der Waals surface area contributed by atoms with Crippen molar-refractivity contribution in [3.05, 3.63) is 18.5 Å². The molecule has 1 aromatic rings. The van der Waals surface area contributed by atoms with Gasteiger partial charge in [0.05, 0.1) is 6.20 Å². The molecule has 1 heterocycles. The molecule has 0 aliphatic carbocycles. The quantitative estimate of drug-likeness (QED) is 0.549. The van der Waals surface area contributed by atoms with Gasteiger partial charge in [0.15, 0.2) is 13.2 Å². The summed E-state index contributed by atoms with van der Waals surface area (Å²) in [6, 6.07) is 1.94. The Kier molecular flexibility index (Phi) is 3.96. The number of nitrogens with zero attached hydrogens (tertiary/aromatic N) is 1. The molecule has 1 N–H and O–H groups in total.